The van der Waals surface area contributed by atoms with Crippen molar-refractivity contribution in [2.24, 2.45) is 4.99 Å². The lowest BCUT2D eigenvalue weighted by Crippen LogP contribution is -2.63. The summed E-state index contributed by atoms with van der Waals surface area (Å²) < 4.78 is 5.34. The molecule has 2 amide bonds. The number of guanidine groups is 1. The second-order valence-corrected chi connectivity index (χ2v) is 7.34. The van der Waals surface area contributed by atoms with Crippen molar-refractivity contribution in [2.45, 2.75) is 39.3 Å². The summed E-state index contributed by atoms with van der Waals surface area (Å²) >= 11 is 0. The number of rotatable bonds is 5. The Hall–Kier alpha value is -2.04. The summed E-state index contributed by atoms with van der Waals surface area (Å²) in [5, 5.41) is 9.13. The summed E-state index contributed by atoms with van der Waals surface area (Å²) in [6, 6.07) is 9.33. The first-order valence-electron chi connectivity index (χ1n) is 9.14. The molecule has 1 fully saturated rings. The highest BCUT2D eigenvalue weighted by molar-refractivity contribution is 14.0. The van der Waals surface area contributed by atoms with Gasteiger partial charge in [-0.3, -0.25) is 4.79 Å². The Kier molecular flexibility index (Phi) is 9.50. The van der Waals surface area contributed by atoms with Crippen LogP contribution in [-0.4, -0.2) is 60.7 Å². The lowest BCUT2D eigenvalue weighted by molar-refractivity contribution is -0.114. The van der Waals surface area contributed by atoms with Gasteiger partial charge in [-0.15, -0.1) is 24.0 Å². The highest BCUT2D eigenvalue weighted by atomic mass is 127. The van der Waals surface area contributed by atoms with Crippen LogP contribution in [0.4, 0.5) is 10.5 Å². The number of aliphatic imine (C=N–C) groups is 1. The number of likely N-dealkylation sites (tertiary alicyclic amines) is 1. The number of hydrogen-bond acceptors (Lipinski definition) is 4. The quantitative estimate of drug-likeness (QED) is 0.326. The number of ether oxygens (including phenoxy) is 1. The highest BCUT2D eigenvalue weighted by Crippen LogP contribution is 2.15. The van der Waals surface area contributed by atoms with E-state index < -0.39 is 5.60 Å². The van der Waals surface area contributed by atoms with Crippen molar-refractivity contribution in [3.63, 3.8) is 0 Å². The number of benzene rings is 1. The van der Waals surface area contributed by atoms with Gasteiger partial charge in [0.05, 0.1) is 6.04 Å². The van der Waals surface area contributed by atoms with Crippen LogP contribution in [0.5, 0.6) is 0 Å². The van der Waals surface area contributed by atoms with Crippen LogP contribution in [0.2, 0.25) is 0 Å². The van der Waals surface area contributed by atoms with Gasteiger partial charge in [0.25, 0.3) is 0 Å². The number of hydrogen-bond donors (Lipinski definition) is 3. The minimum absolute atomic E-state index is 0. The van der Waals surface area contributed by atoms with E-state index in [1.807, 2.05) is 58.0 Å². The zero-order chi connectivity index (χ0) is 19.9. The molecule has 0 radical (unpaired) electrons. The van der Waals surface area contributed by atoms with Crippen LogP contribution in [0.25, 0.3) is 0 Å². The zero-order valence-electron chi connectivity index (χ0n) is 16.8. The van der Waals surface area contributed by atoms with E-state index in [2.05, 4.69) is 20.9 Å². The number of amides is 2. The molecule has 0 atom stereocenters. The summed E-state index contributed by atoms with van der Waals surface area (Å²) in [4.78, 5) is 29.9. The molecule has 1 aromatic rings. The summed E-state index contributed by atoms with van der Waals surface area (Å²) in [7, 11) is 0. The Bertz CT molecular complexity index is 670. The maximum absolute atomic E-state index is 12.0. The lowest BCUT2D eigenvalue weighted by Gasteiger charge is -2.40. The first kappa shape index (κ1) is 24.0. The molecule has 0 bridgehead atoms. The number of halogens is 1. The Morgan fingerprint density at radius 3 is 2.43 bits per heavy atom. The van der Waals surface area contributed by atoms with Gasteiger partial charge in [0, 0.05) is 25.3 Å². The first-order valence-corrected chi connectivity index (χ1v) is 9.14. The third-order valence-corrected chi connectivity index (χ3v) is 3.66. The summed E-state index contributed by atoms with van der Waals surface area (Å²) in [6.07, 6.45) is -0.315. The number of para-hydroxylation sites is 1. The van der Waals surface area contributed by atoms with Gasteiger partial charge in [-0.05, 0) is 39.8 Å². The third kappa shape index (κ3) is 8.32. The van der Waals surface area contributed by atoms with Gasteiger partial charge in [0.15, 0.2) is 5.96 Å². The van der Waals surface area contributed by atoms with Crippen molar-refractivity contribution in [3.05, 3.63) is 30.3 Å². The van der Waals surface area contributed by atoms with Gasteiger partial charge in [-0.2, -0.15) is 0 Å². The number of nitrogens with zero attached hydrogens (tertiary/aromatic N) is 2. The van der Waals surface area contributed by atoms with E-state index >= 15 is 0 Å². The van der Waals surface area contributed by atoms with Gasteiger partial charge in [0.2, 0.25) is 5.91 Å². The van der Waals surface area contributed by atoms with Gasteiger partial charge in [-0.1, -0.05) is 18.2 Å². The molecule has 0 unspecified atom stereocenters. The molecular formula is C19H30IN5O3. The molecule has 0 spiro atoms. The van der Waals surface area contributed by atoms with Gasteiger partial charge in [0.1, 0.15) is 12.1 Å². The number of anilines is 1. The van der Waals surface area contributed by atoms with Crippen molar-refractivity contribution in [2.75, 3.05) is 31.5 Å². The Morgan fingerprint density at radius 1 is 1.21 bits per heavy atom. The van der Waals surface area contributed by atoms with Crippen molar-refractivity contribution in [3.8, 4) is 0 Å². The standard InChI is InChI=1S/C19H29N5O3.HI/c1-5-20-17(21-11-16(25)22-14-9-7-6-8-10-14)23-15-12-24(13-15)18(26)27-19(2,3)4;/h6-10,15H,5,11-13H2,1-4H3,(H,22,25)(H2,20,21,23);1H. The number of carbonyl (C=O) groups excluding carboxylic acids is 2. The molecule has 1 aromatic carbocycles. The van der Waals surface area contributed by atoms with Gasteiger partial charge >= 0.3 is 6.09 Å². The second kappa shape index (κ2) is 11.1. The lowest BCUT2D eigenvalue weighted by atomic mass is 10.1. The van der Waals surface area contributed by atoms with Crippen LogP contribution in [0, 0.1) is 0 Å². The molecule has 0 aromatic heterocycles. The fourth-order valence-corrected chi connectivity index (χ4v) is 2.43. The molecular weight excluding hydrogens is 473 g/mol. The van der Waals surface area contributed by atoms with Crippen molar-refractivity contribution in [1.29, 1.82) is 0 Å². The normalized spacial score (nSPS) is 14.4. The summed E-state index contributed by atoms with van der Waals surface area (Å²) in [5.41, 5.74) is 0.237. The number of carbonyl (C=O) groups is 2. The maximum Gasteiger partial charge on any atom is 0.410 e. The van der Waals surface area contributed by atoms with E-state index in [4.69, 9.17) is 4.74 Å². The fraction of sp³-hybridized carbons (Fsp3) is 0.526. The third-order valence-electron chi connectivity index (χ3n) is 3.66. The van der Waals surface area contributed by atoms with Gasteiger partial charge in [-0.25, -0.2) is 9.79 Å². The molecule has 9 heteroatoms. The average Bonchev–Trinajstić information content (AvgIpc) is 2.54. The Balaban J connectivity index is 0.00000392. The predicted molar refractivity (Wildman–Crippen MR) is 121 cm³/mol. The monoisotopic (exact) mass is 503 g/mol. The highest BCUT2D eigenvalue weighted by Gasteiger charge is 2.34. The number of nitrogens with one attached hydrogen (secondary N) is 3. The van der Waals surface area contributed by atoms with E-state index in [1.54, 1.807) is 4.90 Å². The van der Waals surface area contributed by atoms with E-state index in [0.717, 1.165) is 5.69 Å². The minimum Gasteiger partial charge on any atom is -0.444 e. The van der Waals surface area contributed by atoms with Crippen LogP contribution in [0.15, 0.2) is 35.3 Å². The first-order chi connectivity index (χ1) is 12.8. The molecule has 0 aliphatic carbocycles. The molecule has 2 rings (SSSR count). The van der Waals surface area contributed by atoms with E-state index in [1.165, 1.54) is 0 Å². The van der Waals surface area contributed by atoms with E-state index in [-0.39, 0.29) is 48.6 Å². The van der Waals surface area contributed by atoms with Crippen molar-refractivity contribution >= 4 is 47.6 Å². The second-order valence-electron chi connectivity index (χ2n) is 7.34. The van der Waals surface area contributed by atoms with Crippen molar-refractivity contribution in [1.82, 2.24) is 15.5 Å². The van der Waals surface area contributed by atoms with Crippen LogP contribution in [0.3, 0.4) is 0 Å². The summed E-state index contributed by atoms with van der Waals surface area (Å²) in [5.74, 6) is 0.358. The predicted octanol–water partition coefficient (Wildman–Crippen LogP) is 2.42. The largest absolute Gasteiger partial charge is 0.444 e. The van der Waals surface area contributed by atoms with Crippen LogP contribution in [0.1, 0.15) is 27.7 Å². The van der Waals surface area contributed by atoms with Crippen LogP contribution < -0.4 is 16.0 Å². The Morgan fingerprint density at radius 2 is 1.86 bits per heavy atom. The summed E-state index contributed by atoms with van der Waals surface area (Å²) in [6.45, 7) is 9.24. The molecule has 8 nitrogen and oxygen atoms in total. The average molecular weight is 503 g/mol. The molecule has 0 saturated carbocycles. The van der Waals surface area contributed by atoms with E-state index in [9.17, 15) is 9.59 Å². The molecule has 156 valence electrons. The van der Waals surface area contributed by atoms with Gasteiger partial charge < -0.3 is 25.6 Å². The molecule has 28 heavy (non-hydrogen) atoms. The molecule has 1 heterocycles. The zero-order valence-corrected chi connectivity index (χ0v) is 19.2. The topological polar surface area (TPSA) is 95.1 Å². The SMILES string of the molecule is CCNC(=NCC(=O)Nc1ccccc1)NC1CN(C(=O)OC(C)(C)C)C1.I. The molecule has 1 aliphatic rings. The Labute approximate surface area is 183 Å². The van der Waals surface area contributed by atoms with Crippen molar-refractivity contribution < 1.29 is 14.3 Å². The van der Waals surface area contributed by atoms with E-state index in [0.29, 0.717) is 25.6 Å². The van der Waals surface area contributed by atoms with Crippen LogP contribution in [-0.2, 0) is 9.53 Å². The minimum atomic E-state index is -0.502. The molecule has 1 saturated heterocycles. The fourth-order valence-electron chi connectivity index (χ4n) is 2.43. The van der Waals surface area contributed by atoms with Crippen LogP contribution >= 0.6 is 24.0 Å². The molecule has 3 N–H and O–H groups in total. The maximum atomic E-state index is 12.0. The smallest absolute Gasteiger partial charge is 0.410 e. The molecule has 1 aliphatic heterocycles.